The molecule has 114 valence electrons. The fourth-order valence-corrected chi connectivity index (χ4v) is 2.94. The molecule has 0 bridgehead atoms. The summed E-state index contributed by atoms with van der Waals surface area (Å²) in [7, 11) is 1.60. The molecule has 1 atom stereocenters. The Labute approximate surface area is 132 Å². The van der Waals surface area contributed by atoms with Crippen LogP contribution in [0.3, 0.4) is 0 Å². The zero-order valence-corrected chi connectivity index (χ0v) is 13.4. The van der Waals surface area contributed by atoms with Gasteiger partial charge in [-0.05, 0) is 36.6 Å². The van der Waals surface area contributed by atoms with Crippen molar-refractivity contribution >= 4 is 27.8 Å². The van der Waals surface area contributed by atoms with Crippen LogP contribution in [0.1, 0.15) is 18.4 Å². The Bertz CT molecular complexity index is 546. The van der Waals surface area contributed by atoms with Crippen molar-refractivity contribution in [2.24, 2.45) is 5.92 Å². The van der Waals surface area contributed by atoms with Crippen LogP contribution in [-0.4, -0.2) is 42.1 Å². The lowest BCUT2D eigenvalue weighted by molar-refractivity contribution is -0.141. The minimum atomic E-state index is -0.820. The van der Waals surface area contributed by atoms with Crippen LogP contribution in [0.2, 0.25) is 0 Å². The minimum Gasteiger partial charge on any atom is -0.496 e. The van der Waals surface area contributed by atoms with Crippen molar-refractivity contribution < 1.29 is 19.4 Å². The highest BCUT2D eigenvalue weighted by Gasteiger charge is 2.30. The number of hydrogen-bond donors (Lipinski definition) is 1. The van der Waals surface area contributed by atoms with E-state index >= 15 is 0 Å². The fourth-order valence-electron chi connectivity index (χ4n) is 2.53. The third-order valence-electron chi connectivity index (χ3n) is 3.74. The van der Waals surface area contributed by atoms with Gasteiger partial charge >= 0.3 is 5.97 Å². The highest BCUT2D eigenvalue weighted by molar-refractivity contribution is 9.10. The van der Waals surface area contributed by atoms with Gasteiger partial charge in [-0.1, -0.05) is 15.9 Å². The van der Waals surface area contributed by atoms with Gasteiger partial charge in [-0.3, -0.25) is 9.59 Å². The standard InChI is InChI=1S/C15H18BrNO4/c1-21-13-4-3-12(16)8-10(13)2-5-14(18)17-7-6-11(9-17)15(19)20/h3-4,8,11H,2,5-7,9H2,1H3,(H,19,20)/t11-/m0/s1. The van der Waals surface area contributed by atoms with Gasteiger partial charge in [0.2, 0.25) is 5.91 Å². The lowest BCUT2D eigenvalue weighted by Crippen LogP contribution is -2.30. The SMILES string of the molecule is COc1ccc(Br)cc1CCC(=O)N1CC[C@H](C(=O)O)C1. The van der Waals surface area contributed by atoms with Crippen molar-refractivity contribution in [1.29, 1.82) is 0 Å². The van der Waals surface area contributed by atoms with Crippen LogP contribution < -0.4 is 4.74 Å². The molecule has 1 saturated heterocycles. The molecule has 1 fully saturated rings. The summed E-state index contributed by atoms with van der Waals surface area (Å²) in [4.78, 5) is 24.7. The van der Waals surface area contributed by atoms with E-state index in [2.05, 4.69) is 15.9 Å². The molecule has 0 aromatic heterocycles. The first-order valence-electron chi connectivity index (χ1n) is 6.84. The van der Waals surface area contributed by atoms with E-state index in [9.17, 15) is 9.59 Å². The first-order chi connectivity index (χ1) is 10.0. The quantitative estimate of drug-likeness (QED) is 0.879. The molecule has 0 aliphatic carbocycles. The summed E-state index contributed by atoms with van der Waals surface area (Å²) in [5, 5.41) is 8.96. The summed E-state index contributed by atoms with van der Waals surface area (Å²) in [6.07, 6.45) is 1.48. The molecule has 1 aliphatic heterocycles. The summed E-state index contributed by atoms with van der Waals surface area (Å²) in [6, 6.07) is 5.69. The van der Waals surface area contributed by atoms with E-state index in [0.29, 0.717) is 32.4 Å². The second-order valence-electron chi connectivity index (χ2n) is 5.12. The Morgan fingerprint density at radius 3 is 2.86 bits per heavy atom. The molecule has 0 radical (unpaired) electrons. The maximum absolute atomic E-state index is 12.2. The summed E-state index contributed by atoms with van der Waals surface area (Å²) in [5.74, 6) is -0.482. The maximum atomic E-state index is 12.2. The number of carbonyl (C=O) groups is 2. The number of halogens is 1. The fraction of sp³-hybridized carbons (Fsp3) is 0.467. The molecule has 1 heterocycles. The van der Waals surface area contributed by atoms with Crippen LogP contribution in [0.15, 0.2) is 22.7 Å². The number of benzene rings is 1. The van der Waals surface area contributed by atoms with Gasteiger partial charge in [-0.15, -0.1) is 0 Å². The number of nitrogens with zero attached hydrogens (tertiary/aromatic N) is 1. The Hall–Kier alpha value is -1.56. The van der Waals surface area contributed by atoms with Crippen LogP contribution in [0, 0.1) is 5.92 Å². The van der Waals surface area contributed by atoms with Crippen molar-refractivity contribution in [3.05, 3.63) is 28.2 Å². The van der Waals surface area contributed by atoms with Gasteiger partial charge in [0.25, 0.3) is 0 Å². The topological polar surface area (TPSA) is 66.8 Å². The third kappa shape index (κ3) is 3.97. The second-order valence-corrected chi connectivity index (χ2v) is 6.04. The number of amides is 1. The molecule has 2 rings (SSSR count). The summed E-state index contributed by atoms with van der Waals surface area (Å²) in [5.41, 5.74) is 0.967. The van der Waals surface area contributed by atoms with Crippen molar-refractivity contribution in [3.63, 3.8) is 0 Å². The van der Waals surface area contributed by atoms with E-state index < -0.39 is 11.9 Å². The monoisotopic (exact) mass is 355 g/mol. The average molecular weight is 356 g/mol. The summed E-state index contributed by atoms with van der Waals surface area (Å²) < 4.78 is 6.23. The molecule has 1 aromatic carbocycles. The van der Waals surface area contributed by atoms with E-state index in [1.165, 1.54) is 0 Å². The van der Waals surface area contributed by atoms with Crippen molar-refractivity contribution in [1.82, 2.24) is 4.90 Å². The van der Waals surface area contributed by atoms with Gasteiger partial charge in [0.05, 0.1) is 13.0 Å². The zero-order valence-electron chi connectivity index (χ0n) is 11.8. The maximum Gasteiger partial charge on any atom is 0.308 e. The Balaban J connectivity index is 1.93. The van der Waals surface area contributed by atoms with Crippen LogP contribution in [0.5, 0.6) is 5.75 Å². The molecule has 1 aromatic rings. The van der Waals surface area contributed by atoms with Gasteiger partial charge in [-0.2, -0.15) is 0 Å². The number of carbonyl (C=O) groups excluding carboxylic acids is 1. The molecule has 0 spiro atoms. The molecular weight excluding hydrogens is 338 g/mol. The number of carboxylic acids is 1. The first-order valence-corrected chi connectivity index (χ1v) is 7.63. The van der Waals surface area contributed by atoms with E-state index in [4.69, 9.17) is 9.84 Å². The molecule has 21 heavy (non-hydrogen) atoms. The molecular formula is C15H18BrNO4. The number of aryl methyl sites for hydroxylation is 1. The van der Waals surface area contributed by atoms with Gasteiger partial charge < -0.3 is 14.7 Å². The lowest BCUT2D eigenvalue weighted by Gasteiger charge is -2.16. The summed E-state index contributed by atoms with van der Waals surface area (Å²) in [6.45, 7) is 0.856. The van der Waals surface area contributed by atoms with Gasteiger partial charge in [-0.25, -0.2) is 0 Å². The predicted octanol–water partition coefficient (Wildman–Crippen LogP) is 2.32. The van der Waals surface area contributed by atoms with E-state index in [1.807, 2.05) is 18.2 Å². The number of rotatable bonds is 5. The van der Waals surface area contributed by atoms with E-state index in [-0.39, 0.29) is 5.91 Å². The van der Waals surface area contributed by atoms with E-state index in [1.54, 1.807) is 12.0 Å². The highest BCUT2D eigenvalue weighted by atomic mass is 79.9. The third-order valence-corrected chi connectivity index (χ3v) is 4.23. The molecule has 0 saturated carbocycles. The van der Waals surface area contributed by atoms with E-state index in [0.717, 1.165) is 15.8 Å². The normalized spacial score (nSPS) is 17.8. The number of ether oxygens (including phenoxy) is 1. The Kier molecular flexibility index (Phi) is 5.22. The molecule has 5 nitrogen and oxygen atoms in total. The highest BCUT2D eigenvalue weighted by Crippen LogP contribution is 2.25. The average Bonchev–Trinajstić information content (AvgIpc) is 2.95. The van der Waals surface area contributed by atoms with Gasteiger partial charge in [0.15, 0.2) is 0 Å². The molecule has 1 amide bonds. The number of hydrogen-bond acceptors (Lipinski definition) is 3. The van der Waals surface area contributed by atoms with Crippen LogP contribution in [-0.2, 0) is 16.0 Å². The summed E-state index contributed by atoms with van der Waals surface area (Å²) >= 11 is 3.41. The van der Waals surface area contributed by atoms with Gasteiger partial charge in [0, 0.05) is 24.0 Å². The van der Waals surface area contributed by atoms with Gasteiger partial charge in [0.1, 0.15) is 5.75 Å². The minimum absolute atomic E-state index is 0.000721. The predicted molar refractivity (Wildman–Crippen MR) is 81.3 cm³/mol. The van der Waals surface area contributed by atoms with Crippen LogP contribution in [0.4, 0.5) is 0 Å². The van der Waals surface area contributed by atoms with Crippen molar-refractivity contribution in [3.8, 4) is 5.75 Å². The lowest BCUT2D eigenvalue weighted by atomic mass is 10.1. The molecule has 1 aliphatic rings. The number of methoxy groups -OCH3 is 1. The second kappa shape index (κ2) is 6.93. The smallest absolute Gasteiger partial charge is 0.308 e. The Morgan fingerprint density at radius 2 is 2.24 bits per heavy atom. The van der Waals surface area contributed by atoms with Crippen LogP contribution >= 0.6 is 15.9 Å². The molecule has 0 unspecified atom stereocenters. The molecule has 1 N–H and O–H groups in total. The van der Waals surface area contributed by atoms with Crippen molar-refractivity contribution in [2.45, 2.75) is 19.3 Å². The number of likely N-dealkylation sites (tertiary alicyclic amines) is 1. The number of aliphatic carboxylic acids is 1. The first kappa shape index (κ1) is 15.8. The zero-order chi connectivity index (χ0) is 15.4. The Morgan fingerprint density at radius 1 is 1.48 bits per heavy atom. The number of carboxylic acid groups (broad SMARTS) is 1. The largest absolute Gasteiger partial charge is 0.496 e. The van der Waals surface area contributed by atoms with Crippen molar-refractivity contribution in [2.75, 3.05) is 20.2 Å². The van der Waals surface area contributed by atoms with Crippen LogP contribution in [0.25, 0.3) is 0 Å². The molecule has 6 heteroatoms.